The topological polar surface area (TPSA) is 66.0 Å². The van der Waals surface area contributed by atoms with Gasteiger partial charge in [0.15, 0.2) is 11.5 Å². The molecule has 6 heteroatoms. The van der Waals surface area contributed by atoms with Crippen LogP contribution in [0.2, 0.25) is 0 Å². The molecule has 1 amide bonds. The van der Waals surface area contributed by atoms with Crippen LogP contribution in [0.1, 0.15) is 11.1 Å². The second kappa shape index (κ2) is 9.36. The molecule has 1 N–H and O–H groups in total. The van der Waals surface area contributed by atoms with E-state index >= 15 is 0 Å². The third kappa shape index (κ3) is 4.69. The van der Waals surface area contributed by atoms with Crippen molar-refractivity contribution < 1.29 is 23.7 Å². The summed E-state index contributed by atoms with van der Waals surface area (Å²) in [7, 11) is 6.25. The van der Waals surface area contributed by atoms with Crippen molar-refractivity contribution >= 4 is 12.0 Å². The number of carbonyl (C=O) groups excluding carboxylic acids is 1. The van der Waals surface area contributed by atoms with Gasteiger partial charge >= 0.3 is 0 Å². The molecule has 138 valence electrons. The molecule has 0 radical (unpaired) electrons. The van der Waals surface area contributed by atoms with Gasteiger partial charge in [0, 0.05) is 18.2 Å². The Kier molecular flexibility index (Phi) is 6.91. The van der Waals surface area contributed by atoms with E-state index in [1.165, 1.54) is 13.2 Å². The Bertz CT molecular complexity index is 769. The predicted molar refractivity (Wildman–Crippen MR) is 100.0 cm³/mol. The lowest BCUT2D eigenvalue weighted by molar-refractivity contribution is -0.116. The quantitative estimate of drug-likeness (QED) is 0.736. The van der Waals surface area contributed by atoms with E-state index in [1.807, 2.05) is 24.3 Å². The van der Waals surface area contributed by atoms with Gasteiger partial charge in [0.05, 0.1) is 28.4 Å². The van der Waals surface area contributed by atoms with Crippen LogP contribution < -0.4 is 24.3 Å². The fourth-order valence-electron chi connectivity index (χ4n) is 2.41. The lowest BCUT2D eigenvalue weighted by Crippen LogP contribution is -2.20. The highest BCUT2D eigenvalue weighted by atomic mass is 16.5. The smallest absolute Gasteiger partial charge is 0.244 e. The van der Waals surface area contributed by atoms with E-state index in [4.69, 9.17) is 18.9 Å². The molecule has 2 aromatic rings. The molecule has 26 heavy (non-hydrogen) atoms. The Labute approximate surface area is 153 Å². The fraction of sp³-hybridized carbons (Fsp3) is 0.250. The third-order valence-corrected chi connectivity index (χ3v) is 3.77. The van der Waals surface area contributed by atoms with Crippen LogP contribution in [0.15, 0.2) is 42.5 Å². The maximum absolute atomic E-state index is 12.1. The van der Waals surface area contributed by atoms with Crippen LogP contribution in [0, 0.1) is 0 Å². The van der Waals surface area contributed by atoms with Gasteiger partial charge in [-0.15, -0.1) is 0 Å². The van der Waals surface area contributed by atoms with Crippen LogP contribution in [0.5, 0.6) is 23.0 Å². The minimum absolute atomic E-state index is 0.211. The third-order valence-electron chi connectivity index (χ3n) is 3.77. The SMILES string of the molecule is COc1ccc(CNC(=O)C=Cc2ccc(OC)c(OC)c2OC)cc1. The Morgan fingerprint density at radius 1 is 0.885 bits per heavy atom. The number of nitrogens with one attached hydrogen (secondary N) is 1. The summed E-state index contributed by atoms with van der Waals surface area (Å²) in [4.78, 5) is 12.1. The van der Waals surface area contributed by atoms with Crippen LogP contribution in [-0.4, -0.2) is 34.3 Å². The normalized spacial score (nSPS) is 10.5. The van der Waals surface area contributed by atoms with Gasteiger partial charge in [-0.3, -0.25) is 4.79 Å². The molecular weight excluding hydrogens is 334 g/mol. The largest absolute Gasteiger partial charge is 0.497 e. The Hall–Kier alpha value is -3.15. The summed E-state index contributed by atoms with van der Waals surface area (Å²) in [5.41, 5.74) is 1.70. The average molecular weight is 357 g/mol. The average Bonchev–Trinajstić information content (AvgIpc) is 2.69. The molecule has 0 spiro atoms. The molecule has 0 fully saturated rings. The molecule has 0 aliphatic heterocycles. The van der Waals surface area contributed by atoms with Crippen molar-refractivity contribution in [3.63, 3.8) is 0 Å². The Morgan fingerprint density at radius 3 is 2.15 bits per heavy atom. The van der Waals surface area contributed by atoms with E-state index in [-0.39, 0.29) is 5.91 Å². The van der Waals surface area contributed by atoms with E-state index in [2.05, 4.69) is 5.32 Å². The second-order valence-electron chi connectivity index (χ2n) is 5.32. The van der Waals surface area contributed by atoms with Gasteiger partial charge in [0.1, 0.15) is 5.75 Å². The second-order valence-corrected chi connectivity index (χ2v) is 5.32. The number of ether oxygens (including phenoxy) is 4. The van der Waals surface area contributed by atoms with Crippen LogP contribution in [0.4, 0.5) is 0 Å². The van der Waals surface area contributed by atoms with E-state index in [0.29, 0.717) is 29.4 Å². The van der Waals surface area contributed by atoms with E-state index in [0.717, 1.165) is 11.3 Å². The summed E-state index contributed by atoms with van der Waals surface area (Å²) in [5.74, 6) is 2.12. The predicted octanol–water partition coefficient (Wildman–Crippen LogP) is 3.05. The number of carbonyl (C=O) groups is 1. The highest BCUT2D eigenvalue weighted by Gasteiger charge is 2.14. The van der Waals surface area contributed by atoms with Crippen LogP contribution in [-0.2, 0) is 11.3 Å². The molecule has 2 rings (SSSR count). The molecular formula is C20H23NO5. The Morgan fingerprint density at radius 2 is 1.58 bits per heavy atom. The lowest BCUT2D eigenvalue weighted by Gasteiger charge is -2.14. The van der Waals surface area contributed by atoms with Crippen molar-refractivity contribution in [3.8, 4) is 23.0 Å². The number of rotatable bonds is 8. The molecule has 0 unspecified atom stereocenters. The molecule has 0 heterocycles. The summed E-state index contributed by atoms with van der Waals surface area (Å²) < 4.78 is 21.1. The number of amides is 1. The molecule has 6 nitrogen and oxygen atoms in total. The molecule has 0 saturated carbocycles. The summed E-state index contributed by atoms with van der Waals surface area (Å²) in [6.07, 6.45) is 3.12. The van der Waals surface area contributed by atoms with Crippen molar-refractivity contribution in [2.24, 2.45) is 0 Å². The van der Waals surface area contributed by atoms with Crippen molar-refractivity contribution in [1.29, 1.82) is 0 Å². The first-order chi connectivity index (χ1) is 12.6. The zero-order chi connectivity index (χ0) is 18.9. The van der Waals surface area contributed by atoms with Gasteiger partial charge in [-0.05, 0) is 35.9 Å². The first-order valence-electron chi connectivity index (χ1n) is 8.00. The van der Waals surface area contributed by atoms with Crippen molar-refractivity contribution in [1.82, 2.24) is 5.32 Å². The van der Waals surface area contributed by atoms with E-state index in [1.54, 1.807) is 39.5 Å². The van der Waals surface area contributed by atoms with Gasteiger partial charge in [-0.2, -0.15) is 0 Å². The zero-order valence-corrected chi connectivity index (χ0v) is 15.4. The number of benzene rings is 2. The Balaban J connectivity index is 2.05. The minimum Gasteiger partial charge on any atom is -0.497 e. The first-order valence-corrected chi connectivity index (χ1v) is 8.00. The monoisotopic (exact) mass is 357 g/mol. The number of hydrogen-bond acceptors (Lipinski definition) is 5. The number of methoxy groups -OCH3 is 4. The van der Waals surface area contributed by atoms with E-state index < -0.39 is 0 Å². The lowest BCUT2D eigenvalue weighted by atomic mass is 10.1. The van der Waals surface area contributed by atoms with Gasteiger partial charge in [0.25, 0.3) is 0 Å². The van der Waals surface area contributed by atoms with Gasteiger partial charge in [-0.1, -0.05) is 12.1 Å². The van der Waals surface area contributed by atoms with Gasteiger partial charge in [-0.25, -0.2) is 0 Å². The first kappa shape index (κ1) is 19.2. The fourth-order valence-corrected chi connectivity index (χ4v) is 2.41. The summed E-state index contributed by atoms with van der Waals surface area (Å²) >= 11 is 0. The number of hydrogen-bond donors (Lipinski definition) is 1. The molecule has 0 aliphatic rings. The summed E-state index contributed by atoms with van der Waals surface area (Å²) in [5, 5.41) is 2.83. The molecule has 0 aliphatic carbocycles. The van der Waals surface area contributed by atoms with Gasteiger partial charge in [0.2, 0.25) is 11.7 Å². The van der Waals surface area contributed by atoms with Gasteiger partial charge < -0.3 is 24.3 Å². The molecule has 2 aromatic carbocycles. The van der Waals surface area contributed by atoms with Crippen LogP contribution in [0.25, 0.3) is 6.08 Å². The van der Waals surface area contributed by atoms with Crippen molar-refractivity contribution in [2.75, 3.05) is 28.4 Å². The molecule has 0 saturated heterocycles. The van der Waals surface area contributed by atoms with Crippen LogP contribution in [0.3, 0.4) is 0 Å². The van der Waals surface area contributed by atoms with E-state index in [9.17, 15) is 4.79 Å². The molecule has 0 atom stereocenters. The summed E-state index contributed by atoms with van der Waals surface area (Å²) in [6.45, 7) is 0.427. The summed E-state index contributed by atoms with van der Waals surface area (Å²) in [6, 6.07) is 11.1. The standard InChI is InChI=1S/C20H23NO5/c1-23-16-9-5-14(6-10-16)13-21-18(22)12-8-15-7-11-17(24-2)20(26-4)19(15)25-3/h5-12H,13H2,1-4H3,(H,21,22). The molecule has 0 aromatic heterocycles. The highest BCUT2D eigenvalue weighted by Crippen LogP contribution is 2.40. The minimum atomic E-state index is -0.211. The maximum atomic E-state index is 12.1. The van der Waals surface area contributed by atoms with Crippen molar-refractivity contribution in [2.45, 2.75) is 6.54 Å². The van der Waals surface area contributed by atoms with Crippen LogP contribution >= 0.6 is 0 Å². The van der Waals surface area contributed by atoms with Crippen molar-refractivity contribution in [3.05, 3.63) is 53.6 Å². The highest BCUT2D eigenvalue weighted by molar-refractivity contribution is 5.92. The zero-order valence-electron chi connectivity index (χ0n) is 15.4. The maximum Gasteiger partial charge on any atom is 0.244 e. The molecule has 0 bridgehead atoms.